The van der Waals surface area contributed by atoms with Gasteiger partial charge < -0.3 is 0 Å². The molecule has 30 heavy (non-hydrogen) atoms. The minimum Gasteiger partial charge on any atom is -0.276 e. The maximum Gasteiger partial charge on any atom is 0.234 e. The Morgan fingerprint density at radius 3 is 2.30 bits per heavy atom. The van der Waals surface area contributed by atoms with Crippen molar-refractivity contribution in [2.24, 2.45) is 0 Å². The Kier molecular flexibility index (Phi) is 3.15. The molecular weight excluding hydrogens is 386 g/mol. The van der Waals surface area contributed by atoms with E-state index in [1.807, 2.05) is 29.8 Å². The third kappa shape index (κ3) is 2.03. The van der Waals surface area contributed by atoms with Gasteiger partial charge in [0.1, 0.15) is 0 Å². The molecule has 3 heterocycles. The van der Waals surface area contributed by atoms with Crippen LogP contribution in [0.5, 0.6) is 0 Å². The van der Waals surface area contributed by atoms with Crippen molar-refractivity contribution < 1.29 is 0 Å². The van der Waals surface area contributed by atoms with E-state index in [1.54, 1.807) is 0 Å². The van der Waals surface area contributed by atoms with E-state index in [4.69, 9.17) is 0 Å². The summed E-state index contributed by atoms with van der Waals surface area (Å²) in [5.74, 6) is 0.707. The average molecular weight is 401 g/mol. The Morgan fingerprint density at radius 2 is 1.40 bits per heavy atom. The molecule has 0 aliphatic heterocycles. The first kappa shape index (κ1) is 16.1. The van der Waals surface area contributed by atoms with Gasteiger partial charge in [0.2, 0.25) is 5.95 Å². The van der Waals surface area contributed by atoms with Crippen LogP contribution in [0.4, 0.5) is 0 Å². The molecule has 0 radical (unpaired) electrons. The standard InChI is InChI=1S/C26H15N3S/c1-2-7-17-16(6-1)10-13-22-23(17)20-12-11-19-18-8-3-4-9-21(18)29(24(19)25(20)30-22)26-27-14-5-15-28-26/h1-15H. The summed E-state index contributed by atoms with van der Waals surface area (Å²) >= 11 is 1.85. The first-order chi connectivity index (χ1) is 14.9. The highest BCUT2D eigenvalue weighted by atomic mass is 32.1. The normalized spacial score (nSPS) is 12.0. The van der Waals surface area contributed by atoms with Crippen LogP contribution < -0.4 is 0 Å². The third-order valence-electron chi connectivity index (χ3n) is 5.91. The number of rotatable bonds is 1. The monoisotopic (exact) mass is 401 g/mol. The highest BCUT2D eigenvalue weighted by Crippen LogP contribution is 2.44. The molecule has 0 bridgehead atoms. The summed E-state index contributed by atoms with van der Waals surface area (Å²) in [7, 11) is 0. The van der Waals surface area contributed by atoms with Gasteiger partial charge >= 0.3 is 0 Å². The van der Waals surface area contributed by atoms with E-state index in [9.17, 15) is 0 Å². The lowest BCUT2D eigenvalue weighted by Crippen LogP contribution is -1.99. The van der Waals surface area contributed by atoms with Crippen molar-refractivity contribution in [3.8, 4) is 5.95 Å². The van der Waals surface area contributed by atoms with Gasteiger partial charge in [-0.05, 0) is 29.0 Å². The third-order valence-corrected chi connectivity index (χ3v) is 7.09. The lowest BCUT2D eigenvalue weighted by molar-refractivity contribution is 0.991. The van der Waals surface area contributed by atoms with E-state index in [0.29, 0.717) is 5.95 Å². The number of nitrogens with zero attached hydrogens (tertiary/aromatic N) is 3. The van der Waals surface area contributed by atoms with Crippen molar-refractivity contribution in [1.82, 2.24) is 14.5 Å². The quantitative estimate of drug-likeness (QED) is 0.294. The molecule has 0 saturated heterocycles. The topological polar surface area (TPSA) is 30.7 Å². The largest absolute Gasteiger partial charge is 0.276 e. The lowest BCUT2D eigenvalue weighted by Gasteiger charge is -2.05. The lowest BCUT2D eigenvalue weighted by atomic mass is 10.0. The molecule has 140 valence electrons. The Hall–Kier alpha value is -3.76. The zero-order valence-electron chi connectivity index (χ0n) is 15.9. The van der Waals surface area contributed by atoms with E-state index in [0.717, 1.165) is 5.52 Å². The Bertz CT molecular complexity index is 1740. The van der Waals surface area contributed by atoms with Crippen LogP contribution in [0.3, 0.4) is 0 Å². The van der Waals surface area contributed by atoms with Crippen molar-refractivity contribution >= 4 is 64.1 Å². The molecule has 4 heteroatoms. The van der Waals surface area contributed by atoms with E-state index < -0.39 is 0 Å². The summed E-state index contributed by atoms with van der Waals surface area (Å²) in [5.41, 5.74) is 2.32. The van der Waals surface area contributed by atoms with Gasteiger partial charge in [0.25, 0.3) is 0 Å². The van der Waals surface area contributed by atoms with Crippen LogP contribution in [-0.2, 0) is 0 Å². The Balaban J connectivity index is 1.76. The van der Waals surface area contributed by atoms with Crippen LogP contribution in [0.15, 0.2) is 91.3 Å². The van der Waals surface area contributed by atoms with Crippen molar-refractivity contribution in [3.63, 3.8) is 0 Å². The fraction of sp³-hybridized carbons (Fsp3) is 0. The summed E-state index contributed by atoms with van der Waals surface area (Å²) in [5, 5.41) is 7.67. The maximum absolute atomic E-state index is 4.59. The van der Waals surface area contributed by atoms with Crippen molar-refractivity contribution in [3.05, 3.63) is 91.3 Å². The van der Waals surface area contributed by atoms with Gasteiger partial charge in [0.15, 0.2) is 0 Å². The number of hydrogen-bond donors (Lipinski definition) is 0. The summed E-state index contributed by atoms with van der Waals surface area (Å²) < 4.78 is 4.80. The van der Waals surface area contributed by atoms with E-state index in [1.165, 1.54) is 47.2 Å². The summed E-state index contributed by atoms with van der Waals surface area (Å²) in [4.78, 5) is 9.18. The minimum atomic E-state index is 0.707. The predicted molar refractivity (Wildman–Crippen MR) is 127 cm³/mol. The number of aromatic nitrogens is 3. The molecule has 7 rings (SSSR count). The van der Waals surface area contributed by atoms with Gasteiger partial charge in [0, 0.05) is 38.6 Å². The SMILES string of the molecule is c1cnc(-n2c3ccccc3c3ccc4c(sc5ccc6ccccc6c54)c32)nc1. The second-order valence-corrected chi connectivity index (χ2v) is 8.55. The van der Waals surface area contributed by atoms with Gasteiger partial charge in [-0.2, -0.15) is 0 Å². The molecule has 0 saturated carbocycles. The number of fused-ring (bicyclic) bond motifs is 9. The van der Waals surface area contributed by atoms with E-state index in [2.05, 4.69) is 87.3 Å². The fourth-order valence-corrected chi connectivity index (χ4v) is 5.92. The number of para-hydroxylation sites is 1. The van der Waals surface area contributed by atoms with Crippen molar-refractivity contribution in [2.75, 3.05) is 0 Å². The van der Waals surface area contributed by atoms with Crippen molar-refractivity contribution in [2.45, 2.75) is 0 Å². The fourth-order valence-electron chi connectivity index (χ4n) is 4.67. The molecule has 3 nitrogen and oxygen atoms in total. The molecule has 4 aromatic carbocycles. The van der Waals surface area contributed by atoms with Crippen LogP contribution in [0.25, 0.3) is 58.7 Å². The first-order valence-electron chi connectivity index (χ1n) is 9.94. The average Bonchev–Trinajstić information content (AvgIpc) is 3.35. The van der Waals surface area contributed by atoms with Crippen LogP contribution >= 0.6 is 11.3 Å². The zero-order chi connectivity index (χ0) is 19.7. The second kappa shape index (κ2) is 5.88. The molecule has 0 aliphatic carbocycles. The Morgan fingerprint density at radius 1 is 0.633 bits per heavy atom. The second-order valence-electron chi connectivity index (χ2n) is 7.50. The number of thiophene rings is 1. The van der Waals surface area contributed by atoms with E-state index >= 15 is 0 Å². The van der Waals surface area contributed by atoms with Crippen LogP contribution in [-0.4, -0.2) is 14.5 Å². The minimum absolute atomic E-state index is 0.707. The molecule has 0 spiro atoms. The molecule has 0 N–H and O–H groups in total. The van der Waals surface area contributed by atoms with E-state index in [-0.39, 0.29) is 0 Å². The molecule has 0 amide bonds. The van der Waals surface area contributed by atoms with Gasteiger partial charge in [-0.1, -0.05) is 60.7 Å². The summed E-state index contributed by atoms with van der Waals surface area (Å²) in [6.07, 6.45) is 3.61. The molecule has 0 unspecified atom stereocenters. The molecule has 0 aliphatic rings. The molecule has 7 aromatic rings. The molecule has 3 aromatic heterocycles. The maximum atomic E-state index is 4.59. The van der Waals surface area contributed by atoms with Gasteiger partial charge in [-0.25, -0.2) is 9.97 Å². The summed E-state index contributed by atoms with van der Waals surface area (Å²) in [6.45, 7) is 0. The Labute approximate surface area is 175 Å². The van der Waals surface area contributed by atoms with Crippen LogP contribution in [0.2, 0.25) is 0 Å². The zero-order valence-corrected chi connectivity index (χ0v) is 16.7. The van der Waals surface area contributed by atoms with Crippen LogP contribution in [0, 0.1) is 0 Å². The summed E-state index contributed by atoms with van der Waals surface area (Å²) in [6, 6.07) is 28.0. The smallest absolute Gasteiger partial charge is 0.234 e. The van der Waals surface area contributed by atoms with Gasteiger partial charge in [-0.3, -0.25) is 4.57 Å². The highest BCUT2D eigenvalue weighted by Gasteiger charge is 2.19. The molecular formula is C26H15N3S. The highest BCUT2D eigenvalue weighted by molar-refractivity contribution is 7.26. The number of benzene rings is 4. The van der Waals surface area contributed by atoms with Crippen molar-refractivity contribution in [1.29, 1.82) is 0 Å². The first-order valence-corrected chi connectivity index (χ1v) is 10.8. The predicted octanol–water partition coefficient (Wildman–Crippen LogP) is 7.09. The van der Waals surface area contributed by atoms with Crippen LogP contribution in [0.1, 0.15) is 0 Å². The molecule has 0 fully saturated rings. The van der Waals surface area contributed by atoms with Gasteiger partial charge in [0.05, 0.1) is 15.7 Å². The number of hydrogen-bond acceptors (Lipinski definition) is 3. The van der Waals surface area contributed by atoms with Gasteiger partial charge in [-0.15, -0.1) is 11.3 Å². The molecule has 0 atom stereocenters.